The van der Waals surface area contributed by atoms with Crippen molar-refractivity contribution in [3.8, 4) is 11.6 Å². The highest BCUT2D eigenvalue weighted by molar-refractivity contribution is 9.10. The molecule has 28 heavy (non-hydrogen) atoms. The number of pyridine rings is 1. The number of halogens is 1. The third-order valence-corrected chi connectivity index (χ3v) is 5.09. The minimum absolute atomic E-state index is 0.131. The van der Waals surface area contributed by atoms with Crippen molar-refractivity contribution in [1.82, 2.24) is 4.57 Å². The summed E-state index contributed by atoms with van der Waals surface area (Å²) in [4.78, 5) is 17.5. The Hall–Kier alpha value is -3.18. The molecule has 0 amide bonds. The maximum absolute atomic E-state index is 13.1. The van der Waals surface area contributed by atoms with Crippen LogP contribution in [-0.2, 0) is 0 Å². The van der Waals surface area contributed by atoms with Gasteiger partial charge < -0.3 is 5.11 Å². The Balaban J connectivity index is 1.95. The molecule has 0 unspecified atom stereocenters. The molecule has 138 valence electrons. The van der Waals surface area contributed by atoms with E-state index in [-0.39, 0.29) is 11.4 Å². The summed E-state index contributed by atoms with van der Waals surface area (Å²) in [5, 5.41) is 12.2. The van der Waals surface area contributed by atoms with Gasteiger partial charge in [0.25, 0.3) is 5.56 Å². The average molecular weight is 433 g/mol. The van der Waals surface area contributed by atoms with E-state index in [2.05, 4.69) is 20.9 Å². The van der Waals surface area contributed by atoms with Crippen molar-refractivity contribution >= 4 is 38.6 Å². The Morgan fingerprint density at radius 2 is 1.57 bits per heavy atom. The molecule has 0 radical (unpaired) electrons. The predicted molar refractivity (Wildman–Crippen MR) is 117 cm³/mol. The first-order valence-electron chi connectivity index (χ1n) is 8.78. The number of benzene rings is 3. The van der Waals surface area contributed by atoms with Crippen molar-refractivity contribution in [3.05, 3.63) is 98.7 Å². The number of nitrogens with zero attached hydrogens (tertiary/aromatic N) is 2. The molecule has 0 saturated carbocycles. The summed E-state index contributed by atoms with van der Waals surface area (Å²) in [6, 6.07) is 22.2. The lowest BCUT2D eigenvalue weighted by molar-refractivity contribution is 0.436. The molecule has 0 bridgehead atoms. The van der Waals surface area contributed by atoms with Gasteiger partial charge in [-0.05, 0) is 49.4 Å². The second-order valence-corrected chi connectivity index (χ2v) is 7.41. The quantitative estimate of drug-likeness (QED) is 0.433. The molecule has 4 nitrogen and oxygen atoms in total. The maximum atomic E-state index is 13.1. The van der Waals surface area contributed by atoms with E-state index in [9.17, 15) is 9.90 Å². The Morgan fingerprint density at radius 3 is 2.25 bits per heavy atom. The van der Waals surface area contributed by atoms with Crippen LogP contribution in [0.5, 0.6) is 5.88 Å². The number of hydrogen-bond acceptors (Lipinski definition) is 3. The standard InChI is InChI=1S/C23H17BrN2O2/c1-15-6-12-18(13-7-15)26-22(27)20-5-3-2-4-19(20)21(23(26)28)14-25-17-10-8-16(24)9-11-17/h2-14,28H,1H3. The molecule has 0 aliphatic carbocycles. The van der Waals surface area contributed by atoms with Crippen LogP contribution in [0.15, 0.2) is 87.1 Å². The zero-order valence-electron chi connectivity index (χ0n) is 15.1. The van der Waals surface area contributed by atoms with Crippen LogP contribution in [0, 0.1) is 6.92 Å². The largest absolute Gasteiger partial charge is 0.494 e. The first-order chi connectivity index (χ1) is 13.5. The van der Waals surface area contributed by atoms with Crippen LogP contribution in [0.25, 0.3) is 16.5 Å². The first-order valence-corrected chi connectivity index (χ1v) is 9.57. The van der Waals surface area contributed by atoms with E-state index in [4.69, 9.17) is 0 Å². The fourth-order valence-electron chi connectivity index (χ4n) is 3.09. The highest BCUT2D eigenvalue weighted by Gasteiger charge is 2.16. The van der Waals surface area contributed by atoms with E-state index >= 15 is 0 Å². The summed E-state index contributed by atoms with van der Waals surface area (Å²) in [6.45, 7) is 1.98. The number of aliphatic imine (C=N–C) groups is 1. The Labute approximate surface area is 170 Å². The maximum Gasteiger partial charge on any atom is 0.265 e. The van der Waals surface area contributed by atoms with Gasteiger partial charge in [-0.15, -0.1) is 0 Å². The van der Waals surface area contributed by atoms with Gasteiger partial charge in [-0.1, -0.05) is 51.8 Å². The Bertz CT molecular complexity index is 1240. The van der Waals surface area contributed by atoms with Gasteiger partial charge in [0.15, 0.2) is 0 Å². The molecule has 4 rings (SSSR count). The average Bonchev–Trinajstić information content (AvgIpc) is 2.71. The lowest BCUT2D eigenvalue weighted by Gasteiger charge is -2.14. The molecule has 0 spiro atoms. The molecule has 3 aromatic carbocycles. The number of aromatic nitrogens is 1. The van der Waals surface area contributed by atoms with Crippen LogP contribution >= 0.6 is 15.9 Å². The van der Waals surface area contributed by atoms with Crippen molar-refractivity contribution in [2.45, 2.75) is 6.92 Å². The SMILES string of the molecule is Cc1ccc(-n2c(O)c(C=Nc3ccc(Br)cc3)c3ccccc3c2=O)cc1. The number of rotatable bonds is 3. The minimum Gasteiger partial charge on any atom is -0.494 e. The highest BCUT2D eigenvalue weighted by atomic mass is 79.9. The fourth-order valence-corrected chi connectivity index (χ4v) is 3.35. The third kappa shape index (κ3) is 3.37. The lowest BCUT2D eigenvalue weighted by atomic mass is 10.1. The van der Waals surface area contributed by atoms with Crippen molar-refractivity contribution in [3.63, 3.8) is 0 Å². The van der Waals surface area contributed by atoms with Crippen LogP contribution in [0.4, 0.5) is 5.69 Å². The van der Waals surface area contributed by atoms with Crippen LogP contribution in [0.3, 0.4) is 0 Å². The number of aromatic hydroxyl groups is 1. The van der Waals surface area contributed by atoms with Crippen LogP contribution in [0.2, 0.25) is 0 Å². The molecule has 0 atom stereocenters. The Morgan fingerprint density at radius 1 is 0.929 bits per heavy atom. The zero-order valence-corrected chi connectivity index (χ0v) is 16.7. The van der Waals surface area contributed by atoms with Crippen molar-refractivity contribution < 1.29 is 5.11 Å². The van der Waals surface area contributed by atoms with E-state index in [1.54, 1.807) is 12.3 Å². The van der Waals surface area contributed by atoms with Crippen molar-refractivity contribution in [2.24, 2.45) is 4.99 Å². The summed E-state index contributed by atoms with van der Waals surface area (Å²) in [6.07, 6.45) is 1.60. The van der Waals surface area contributed by atoms with Crippen LogP contribution in [0.1, 0.15) is 11.1 Å². The normalized spacial score (nSPS) is 11.4. The third-order valence-electron chi connectivity index (χ3n) is 4.56. The molecule has 1 aromatic heterocycles. The van der Waals surface area contributed by atoms with E-state index in [1.165, 1.54) is 4.57 Å². The van der Waals surface area contributed by atoms with Crippen molar-refractivity contribution in [2.75, 3.05) is 0 Å². The van der Waals surface area contributed by atoms with E-state index in [1.807, 2.05) is 73.7 Å². The fraction of sp³-hybridized carbons (Fsp3) is 0.0435. The monoisotopic (exact) mass is 432 g/mol. The number of fused-ring (bicyclic) bond motifs is 1. The van der Waals surface area contributed by atoms with Gasteiger partial charge >= 0.3 is 0 Å². The van der Waals surface area contributed by atoms with Gasteiger partial charge in [0.2, 0.25) is 5.88 Å². The van der Waals surface area contributed by atoms with Gasteiger partial charge in [-0.3, -0.25) is 9.79 Å². The number of aryl methyl sites for hydroxylation is 1. The molecule has 5 heteroatoms. The topological polar surface area (TPSA) is 54.6 Å². The molecule has 0 aliphatic heterocycles. The molecular formula is C23H17BrN2O2. The second-order valence-electron chi connectivity index (χ2n) is 6.49. The summed E-state index contributed by atoms with van der Waals surface area (Å²) in [5.41, 5.74) is 2.67. The van der Waals surface area contributed by atoms with Crippen LogP contribution < -0.4 is 5.56 Å². The predicted octanol–water partition coefficient (Wildman–Crippen LogP) is 5.52. The summed E-state index contributed by atoms with van der Waals surface area (Å²) in [7, 11) is 0. The number of hydrogen-bond donors (Lipinski definition) is 1. The minimum atomic E-state index is -0.266. The molecule has 1 heterocycles. The van der Waals surface area contributed by atoms with Gasteiger partial charge in [0.1, 0.15) is 0 Å². The van der Waals surface area contributed by atoms with E-state index in [0.29, 0.717) is 22.0 Å². The van der Waals surface area contributed by atoms with Crippen LogP contribution in [-0.4, -0.2) is 15.9 Å². The smallest absolute Gasteiger partial charge is 0.265 e. The molecule has 0 aliphatic rings. The van der Waals surface area contributed by atoms with Gasteiger partial charge in [-0.2, -0.15) is 0 Å². The molecular weight excluding hydrogens is 416 g/mol. The molecule has 4 aromatic rings. The summed E-state index contributed by atoms with van der Waals surface area (Å²) < 4.78 is 2.29. The lowest BCUT2D eigenvalue weighted by Crippen LogP contribution is -2.20. The summed E-state index contributed by atoms with van der Waals surface area (Å²) >= 11 is 3.40. The molecule has 0 saturated heterocycles. The van der Waals surface area contributed by atoms with Gasteiger partial charge in [0, 0.05) is 21.5 Å². The Kier molecular flexibility index (Phi) is 4.84. The van der Waals surface area contributed by atoms with Gasteiger partial charge in [-0.25, -0.2) is 4.57 Å². The van der Waals surface area contributed by atoms with E-state index < -0.39 is 0 Å². The van der Waals surface area contributed by atoms with Crippen molar-refractivity contribution in [1.29, 1.82) is 0 Å². The summed E-state index contributed by atoms with van der Waals surface area (Å²) in [5.74, 6) is -0.131. The second kappa shape index (κ2) is 7.44. The molecule has 1 N–H and O–H groups in total. The van der Waals surface area contributed by atoms with Gasteiger partial charge in [0.05, 0.1) is 16.9 Å². The zero-order chi connectivity index (χ0) is 19.7. The first kappa shape index (κ1) is 18.2. The highest BCUT2D eigenvalue weighted by Crippen LogP contribution is 2.27. The molecule has 0 fully saturated rings. The van der Waals surface area contributed by atoms with E-state index in [0.717, 1.165) is 15.7 Å².